The lowest BCUT2D eigenvalue weighted by Gasteiger charge is -2.06. The normalized spacial score (nSPS) is 12.7. The van der Waals surface area contributed by atoms with Gasteiger partial charge >= 0.3 is 0 Å². The molecule has 0 bridgehead atoms. The van der Waals surface area contributed by atoms with Gasteiger partial charge < -0.3 is 10.7 Å². The second kappa shape index (κ2) is 7.52. The third-order valence-electron chi connectivity index (χ3n) is 6.24. The average molecular weight is 447 g/mol. The zero-order valence-corrected chi connectivity index (χ0v) is 18.8. The van der Waals surface area contributed by atoms with Gasteiger partial charge in [-0.2, -0.15) is 5.10 Å². The number of nitrogens with two attached hydrogens (primary N) is 1. The second-order valence-electron chi connectivity index (χ2n) is 8.69. The summed E-state index contributed by atoms with van der Waals surface area (Å²) in [5, 5.41) is 4.40. The van der Waals surface area contributed by atoms with Gasteiger partial charge in [0.2, 0.25) is 0 Å². The highest BCUT2D eigenvalue weighted by molar-refractivity contribution is 6.15. The highest BCUT2D eigenvalue weighted by Gasteiger charge is 2.24. The van der Waals surface area contributed by atoms with E-state index in [2.05, 4.69) is 39.1 Å². The molecule has 0 saturated heterocycles. The Morgan fingerprint density at radius 3 is 2.82 bits per heavy atom. The Labute approximate surface area is 196 Å². The number of carbonyl (C=O) groups excluding carboxylic acids is 1. The fraction of sp³-hybridized carbons (Fsp3) is 0.111. The number of rotatable bonds is 4. The van der Waals surface area contributed by atoms with E-state index in [-0.39, 0.29) is 5.78 Å². The Kier molecular flexibility index (Phi) is 4.45. The van der Waals surface area contributed by atoms with Gasteiger partial charge in [0.15, 0.2) is 5.78 Å². The topological polar surface area (TPSA) is 102 Å². The van der Waals surface area contributed by atoms with Crippen molar-refractivity contribution in [2.24, 2.45) is 0 Å². The molecule has 7 nitrogen and oxygen atoms in total. The van der Waals surface area contributed by atoms with Gasteiger partial charge in [-0.3, -0.25) is 9.78 Å². The van der Waals surface area contributed by atoms with E-state index in [9.17, 15) is 4.79 Å². The van der Waals surface area contributed by atoms with Gasteiger partial charge in [0.25, 0.3) is 0 Å². The molecule has 3 heterocycles. The summed E-state index contributed by atoms with van der Waals surface area (Å²) in [7, 11) is 0. The van der Waals surface area contributed by atoms with E-state index < -0.39 is 0 Å². The number of Topliss-reactive ketones (excluding diaryl/α,β-unsaturated/α-hetero) is 1. The Balaban J connectivity index is 1.28. The van der Waals surface area contributed by atoms with E-state index in [1.807, 2.05) is 55.6 Å². The monoisotopic (exact) mass is 446 g/mol. The van der Waals surface area contributed by atoms with E-state index in [0.717, 1.165) is 50.5 Å². The number of H-pyrrole nitrogens is 1. The Morgan fingerprint density at radius 1 is 1.09 bits per heavy atom. The first-order valence-electron chi connectivity index (χ1n) is 11.1. The Bertz CT molecular complexity index is 1640. The number of carbonyl (C=O) groups is 1. The number of aromatic nitrogens is 5. The lowest BCUT2D eigenvalue weighted by atomic mass is 10.0. The summed E-state index contributed by atoms with van der Waals surface area (Å²) in [6.07, 6.45) is 5.86. The largest absolute Gasteiger partial charge is 0.383 e. The smallest absolute Gasteiger partial charge is 0.194 e. The second-order valence-corrected chi connectivity index (χ2v) is 8.69. The first kappa shape index (κ1) is 20.1. The number of imidazole rings is 1. The van der Waals surface area contributed by atoms with Crippen molar-refractivity contribution in [1.82, 2.24) is 24.7 Å². The molecule has 34 heavy (non-hydrogen) atoms. The number of benzene rings is 2. The van der Waals surface area contributed by atoms with Crippen LogP contribution >= 0.6 is 0 Å². The third kappa shape index (κ3) is 3.29. The molecule has 0 unspecified atom stereocenters. The molecule has 3 aromatic heterocycles. The molecule has 0 saturated carbocycles. The number of nitrogens with zero attached hydrogens (tertiary/aromatic N) is 4. The molecule has 1 aliphatic rings. The number of pyridine rings is 1. The molecule has 0 aliphatic heterocycles. The number of fused-ring (bicyclic) bond motifs is 2. The molecule has 166 valence electrons. The minimum absolute atomic E-state index is 0.103. The minimum atomic E-state index is -0.103. The van der Waals surface area contributed by atoms with Crippen LogP contribution in [0.25, 0.3) is 34.1 Å². The summed E-state index contributed by atoms with van der Waals surface area (Å²) in [6, 6.07) is 16.0. The van der Waals surface area contributed by atoms with E-state index in [4.69, 9.17) is 5.73 Å². The molecule has 2 aromatic carbocycles. The van der Waals surface area contributed by atoms with Crippen molar-refractivity contribution in [3.63, 3.8) is 0 Å². The molecule has 7 heteroatoms. The first-order chi connectivity index (χ1) is 16.5. The maximum atomic E-state index is 13.4. The zero-order valence-electron chi connectivity index (χ0n) is 18.8. The Morgan fingerprint density at radius 2 is 1.97 bits per heavy atom. The summed E-state index contributed by atoms with van der Waals surface area (Å²) in [4.78, 5) is 25.5. The summed E-state index contributed by atoms with van der Waals surface area (Å²) in [6.45, 7) is 3.96. The maximum absolute atomic E-state index is 13.4. The molecule has 5 aromatic rings. The molecule has 0 amide bonds. The van der Waals surface area contributed by atoms with Gasteiger partial charge in [-0.1, -0.05) is 12.1 Å². The van der Waals surface area contributed by atoms with E-state index in [0.29, 0.717) is 23.4 Å². The minimum Gasteiger partial charge on any atom is -0.383 e. The maximum Gasteiger partial charge on any atom is 0.194 e. The number of ketones is 1. The predicted molar refractivity (Wildman–Crippen MR) is 133 cm³/mol. The van der Waals surface area contributed by atoms with Crippen LogP contribution in [0.2, 0.25) is 0 Å². The molecule has 0 radical (unpaired) electrons. The van der Waals surface area contributed by atoms with Gasteiger partial charge in [-0.25, -0.2) is 9.67 Å². The van der Waals surface area contributed by atoms with Gasteiger partial charge in [0, 0.05) is 23.8 Å². The van der Waals surface area contributed by atoms with Crippen LogP contribution in [0.4, 0.5) is 5.82 Å². The molecule has 6 rings (SSSR count). The molecule has 0 spiro atoms. The van der Waals surface area contributed by atoms with Crippen molar-refractivity contribution in [2.45, 2.75) is 20.3 Å². The number of aromatic amines is 1. The van der Waals surface area contributed by atoms with Crippen molar-refractivity contribution in [1.29, 1.82) is 0 Å². The van der Waals surface area contributed by atoms with Crippen LogP contribution in [0.15, 0.2) is 66.5 Å². The lowest BCUT2D eigenvalue weighted by molar-refractivity contribution is 0.103. The summed E-state index contributed by atoms with van der Waals surface area (Å²) in [5.74, 6) is 1.06. The van der Waals surface area contributed by atoms with Crippen molar-refractivity contribution >= 4 is 28.7 Å². The first-order valence-corrected chi connectivity index (χ1v) is 11.1. The highest BCUT2D eigenvalue weighted by atomic mass is 16.1. The van der Waals surface area contributed by atoms with E-state index >= 15 is 0 Å². The molecular weight excluding hydrogens is 424 g/mol. The molecule has 1 aliphatic carbocycles. The molecular formula is C27H22N6O. The number of aryl methyl sites for hydroxylation is 2. The molecule has 0 fully saturated rings. The molecule has 0 atom stereocenters. The van der Waals surface area contributed by atoms with Gasteiger partial charge in [0.1, 0.15) is 11.6 Å². The van der Waals surface area contributed by atoms with Crippen molar-refractivity contribution in [3.8, 4) is 16.9 Å². The van der Waals surface area contributed by atoms with Crippen LogP contribution in [-0.4, -0.2) is 30.5 Å². The highest BCUT2D eigenvalue weighted by Crippen LogP contribution is 2.32. The van der Waals surface area contributed by atoms with Crippen LogP contribution in [-0.2, 0) is 6.42 Å². The predicted octanol–water partition coefficient (Wildman–Crippen LogP) is 4.83. The fourth-order valence-corrected chi connectivity index (χ4v) is 4.51. The number of allylic oxidation sites excluding steroid dienone is 1. The van der Waals surface area contributed by atoms with Gasteiger partial charge in [-0.05, 0) is 73.0 Å². The fourth-order valence-electron chi connectivity index (χ4n) is 4.51. The van der Waals surface area contributed by atoms with Crippen molar-refractivity contribution in [3.05, 3.63) is 94.6 Å². The SMILES string of the molecule is Cc1ccnc(-c2ccc3c(c2)CC(C(=O)c2cnn(-c4ccc5nc(C)[nH]c5c4)c2N)=C3)c1. The zero-order chi connectivity index (χ0) is 23.4. The average Bonchev–Trinajstić information content (AvgIpc) is 3.53. The number of nitrogens with one attached hydrogen (secondary N) is 1. The van der Waals surface area contributed by atoms with E-state index in [1.54, 1.807) is 10.9 Å². The molecule has 3 N–H and O–H groups in total. The van der Waals surface area contributed by atoms with Crippen LogP contribution in [0.1, 0.15) is 32.9 Å². The van der Waals surface area contributed by atoms with E-state index in [1.165, 1.54) is 0 Å². The number of anilines is 1. The van der Waals surface area contributed by atoms with Crippen molar-refractivity contribution in [2.75, 3.05) is 5.73 Å². The number of hydrogen-bond donors (Lipinski definition) is 2. The van der Waals surface area contributed by atoms with Crippen LogP contribution in [0.5, 0.6) is 0 Å². The van der Waals surface area contributed by atoms with Crippen LogP contribution in [0.3, 0.4) is 0 Å². The summed E-state index contributed by atoms with van der Waals surface area (Å²) in [5.41, 5.74) is 15.3. The third-order valence-corrected chi connectivity index (χ3v) is 6.24. The van der Waals surface area contributed by atoms with Gasteiger partial charge in [-0.15, -0.1) is 0 Å². The Hall–Kier alpha value is -4.52. The van der Waals surface area contributed by atoms with Crippen molar-refractivity contribution < 1.29 is 4.79 Å². The van der Waals surface area contributed by atoms with Crippen LogP contribution in [0, 0.1) is 13.8 Å². The summed E-state index contributed by atoms with van der Waals surface area (Å²) < 4.78 is 1.59. The lowest BCUT2D eigenvalue weighted by Crippen LogP contribution is -2.08. The van der Waals surface area contributed by atoms with Gasteiger partial charge in [0.05, 0.1) is 34.2 Å². The standard InChI is InChI=1S/C27H22N6O/c1-15-7-8-29-24(9-15)18-4-3-17-10-20(12-19(17)11-18)26(34)22-14-30-33(27(22)28)21-5-6-23-25(13-21)32-16(2)31-23/h3-11,13-14H,12,28H2,1-2H3,(H,31,32). The quantitative estimate of drug-likeness (QED) is 0.385. The number of hydrogen-bond acceptors (Lipinski definition) is 5. The van der Waals surface area contributed by atoms with Crippen LogP contribution < -0.4 is 5.73 Å². The summed E-state index contributed by atoms with van der Waals surface area (Å²) >= 11 is 0. The number of nitrogen functional groups attached to an aromatic ring is 1.